The lowest BCUT2D eigenvalue weighted by Crippen LogP contribution is -2.45. The van der Waals surface area contributed by atoms with E-state index < -0.39 is 0 Å². The van der Waals surface area contributed by atoms with Gasteiger partial charge in [-0.1, -0.05) is 12.8 Å². The molecule has 0 aromatic heterocycles. The summed E-state index contributed by atoms with van der Waals surface area (Å²) >= 11 is 0. The van der Waals surface area contributed by atoms with Crippen molar-refractivity contribution in [3.05, 3.63) is 0 Å². The van der Waals surface area contributed by atoms with Crippen LogP contribution in [0.5, 0.6) is 0 Å². The zero-order valence-corrected chi connectivity index (χ0v) is 10.3. The van der Waals surface area contributed by atoms with Gasteiger partial charge in [-0.3, -0.25) is 4.79 Å². The Morgan fingerprint density at radius 2 is 1.59 bits per heavy atom. The largest absolute Gasteiger partial charge is 0.354 e. The first-order valence-corrected chi connectivity index (χ1v) is 6.58. The highest BCUT2D eigenvalue weighted by molar-refractivity contribution is 5.79. The second-order valence-corrected chi connectivity index (χ2v) is 4.77. The first-order valence-electron chi connectivity index (χ1n) is 6.58. The zero-order chi connectivity index (χ0) is 12.1. The van der Waals surface area contributed by atoms with E-state index >= 15 is 0 Å². The van der Waals surface area contributed by atoms with Gasteiger partial charge in [0.1, 0.15) is 0 Å². The maximum atomic E-state index is 12.3. The predicted octanol–water partition coefficient (Wildman–Crippen LogP) is 0.804. The van der Waals surface area contributed by atoms with Crippen LogP contribution in [0, 0.1) is 0 Å². The van der Waals surface area contributed by atoms with Gasteiger partial charge in [0.15, 0.2) is 0 Å². The van der Waals surface area contributed by atoms with E-state index in [1.54, 1.807) is 0 Å². The third kappa shape index (κ3) is 3.35. The van der Waals surface area contributed by atoms with Crippen LogP contribution in [0.2, 0.25) is 0 Å². The number of carbonyl (C=O) groups is 2. The highest BCUT2D eigenvalue weighted by atomic mass is 16.2. The Morgan fingerprint density at radius 1 is 0.941 bits per heavy atom. The first kappa shape index (κ1) is 12.2. The number of carbonyl (C=O) groups excluding carboxylic acids is 2. The molecule has 0 spiro atoms. The molecule has 0 saturated carbocycles. The van der Waals surface area contributed by atoms with Crippen molar-refractivity contribution < 1.29 is 9.59 Å². The lowest BCUT2D eigenvalue weighted by atomic mass is 10.2. The van der Waals surface area contributed by atoms with Crippen LogP contribution in [0.3, 0.4) is 0 Å². The summed E-state index contributed by atoms with van der Waals surface area (Å²) in [4.78, 5) is 27.3. The summed E-state index contributed by atoms with van der Waals surface area (Å²) in [6.45, 7) is 3.52. The second kappa shape index (κ2) is 5.89. The number of nitrogens with zero attached hydrogens (tertiary/aromatic N) is 2. The van der Waals surface area contributed by atoms with E-state index in [2.05, 4.69) is 5.32 Å². The number of hydrogen-bond donors (Lipinski definition) is 1. The van der Waals surface area contributed by atoms with Crippen LogP contribution in [0.25, 0.3) is 0 Å². The van der Waals surface area contributed by atoms with Crippen molar-refractivity contribution in [1.82, 2.24) is 15.1 Å². The van der Waals surface area contributed by atoms with Crippen LogP contribution >= 0.6 is 0 Å². The number of nitrogens with one attached hydrogen (secondary N) is 1. The van der Waals surface area contributed by atoms with Gasteiger partial charge in [-0.2, -0.15) is 0 Å². The van der Waals surface area contributed by atoms with E-state index in [4.69, 9.17) is 0 Å². The molecule has 3 amide bonds. The topological polar surface area (TPSA) is 52.7 Å². The normalized spacial score (nSPS) is 22.7. The van der Waals surface area contributed by atoms with Gasteiger partial charge in [0.2, 0.25) is 5.91 Å². The molecule has 2 rings (SSSR count). The number of rotatable bonds is 0. The molecule has 96 valence electrons. The lowest BCUT2D eigenvalue weighted by molar-refractivity contribution is -0.120. The Hall–Kier alpha value is -1.26. The first-order chi connectivity index (χ1) is 8.27. The molecule has 2 aliphatic rings. The molecule has 5 nitrogen and oxygen atoms in total. The average Bonchev–Trinajstić information content (AvgIpc) is 2.70. The molecule has 0 aliphatic carbocycles. The molecule has 5 heteroatoms. The molecule has 0 radical (unpaired) electrons. The SMILES string of the molecule is O=C1CCN(C(=O)N2CCCCCC2)CCN1. The summed E-state index contributed by atoms with van der Waals surface area (Å²) in [5, 5.41) is 2.79. The fourth-order valence-electron chi connectivity index (χ4n) is 2.42. The fraction of sp³-hybridized carbons (Fsp3) is 0.833. The molecule has 0 unspecified atom stereocenters. The van der Waals surface area contributed by atoms with Gasteiger partial charge in [0.05, 0.1) is 0 Å². The maximum Gasteiger partial charge on any atom is 0.320 e. The quantitative estimate of drug-likeness (QED) is 0.680. The maximum absolute atomic E-state index is 12.3. The van der Waals surface area contributed by atoms with Gasteiger partial charge in [-0.15, -0.1) is 0 Å². The summed E-state index contributed by atoms with van der Waals surface area (Å²) in [5.41, 5.74) is 0. The Labute approximate surface area is 102 Å². The third-order valence-corrected chi connectivity index (χ3v) is 3.46. The molecule has 17 heavy (non-hydrogen) atoms. The Balaban J connectivity index is 1.90. The molecule has 2 fully saturated rings. The number of hydrogen-bond acceptors (Lipinski definition) is 2. The lowest BCUT2D eigenvalue weighted by Gasteiger charge is -2.28. The van der Waals surface area contributed by atoms with Gasteiger partial charge in [-0.25, -0.2) is 4.79 Å². The smallest absolute Gasteiger partial charge is 0.320 e. The zero-order valence-electron chi connectivity index (χ0n) is 10.3. The van der Waals surface area contributed by atoms with Crippen molar-refractivity contribution in [1.29, 1.82) is 0 Å². The molecule has 2 saturated heterocycles. The minimum absolute atomic E-state index is 0.0520. The van der Waals surface area contributed by atoms with Crippen LogP contribution in [-0.2, 0) is 4.79 Å². The number of amides is 3. The number of likely N-dealkylation sites (tertiary alicyclic amines) is 1. The van der Waals surface area contributed by atoms with Gasteiger partial charge in [0.25, 0.3) is 0 Å². The van der Waals surface area contributed by atoms with Crippen LogP contribution in [0.4, 0.5) is 4.79 Å². The number of urea groups is 1. The van der Waals surface area contributed by atoms with Crippen molar-refractivity contribution in [3.8, 4) is 0 Å². The van der Waals surface area contributed by atoms with Crippen LogP contribution in [-0.4, -0.2) is 54.5 Å². The molecule has 2 aliphatic heterocycles. The molecular formula is C12H21N3O2. The van der Waals surface area contributed by atoms with Crippen molar-refractivity contribution in [3.63, 3.8) is 0 Å². The Bertz CT molecular complexity index is 285. The van der Waals surface area contributed by atoms with Gasteiger partial charge in [0, 0.05) is 39.1 Å². The summed E-state index contributed by atoms with van der Waals surface area (Å²) in [5.74, 6) is 0.0520. The minimum atomic E-state index is 0.0520. The van der Waals surface area contributed by atoms with Gasteiger partial charge >= 0.3 is 6.03 Å². The Morgan fingerprint density at radius 3 is 2.29 bits per heavy atom. The van der Waals surface area contributed by atoms with E-state index in [1.807, 2.05) is 9.80 Å². The average molecular weight is 239 g/mol. The predicted molar refractivity (Wildman–Crippen MR) is 64.6 cm³/mol. The molecule has 0 aromatic carbocycles. The van der Waals surface area contributed by atoms with Crippen LogP contribution in [0.15, 0.2) is 0 Å². The summed E-state index contributed by atoms with van der Waals surface area (Å²) in [6.07, 6.45) is 5.10. The summed E-state index contributed by atoms with van der Waals surface area (Å²) in [6, 6.07) is 0.114. The van der Waals surface area contributed by atoms with E-state index in [0.717, 1.165) is 25.9 Å². The van der Waals surface area contributed by atoms with Crippen LogP contribution < -0.4 is 5.32 Å². The van der Waals surface area contributed by atoms with Crippen LogP contribution in [0.1, 0.15) is 32.1 Å². The van der Waals surface area contributed by atoms with Crippen molar-refractivity contribution in [2.45, 2.75) is 32.1 Å². The van der Waals surface area contributed by atoms with E-state index in [0.29, 0.717) is 26.1 Å². The van der Waals surface area contributed by atoms with E-state index in [1.165, 1.54) is 12.8 Å². The van der Waals surface area contributed by atoms with Crippen molar-refractivity contribution >= 4 is 11.9 Å². The van der Waals surface area contributed by atoms with Crippen molar-refractivity contribution in [2.24, 2.45) is 0 Å². The molecular weight excluding hydrogens is 218 g/mol. The van der Waals surface area contributed by atoms with E-state index in [-0.39, 0.29) is 11.9 Å². The van der Waals surface area contributed by atoms with Gasteiger partial charge < -0.3 is 15.1 Å². The summed E-state index contributed by atoms with van der Waals surface area (Å²) < 4.78 is 0. The second-order valence-electron chi connectivity index (χ2n) is 4.77. The Kier molecular flexibility index (Phi) is 4.23. The molecule has 0 bridgehead atoms. The monoisotopic (exact) mass is 239 g/mol. The van der Waals surface area contributed by atoms with E-state index in [9.17, 15) is 9.59 Å². The molecule has 1 N–H and O–H groups in total. The summed E-state index contributed by atoms with van der Waals surface area (Å²) in [7, 11) is 0. The highest BCUT2D eigenvalue weighted by Gasteiger charge is 2.23. The molecule has 2 heterocycles. The minimum Gasteiger partial charge on any atom is -0.354 e. The fourth-order valence-corrected chi connectivity index (χ4v) is 2.42. The van der Waals surface area contributed by atoms with Crippen molar-refractivity contribution in [2.75, 3.05) is 32.7 Å². The molecule has 0 aromatic rings. The molecule has 0 atom stereocenters. The third-order valence-electron chi connectivity index (χ3n) is 3.46. The van der Waals surface area contributed by atoms with Gasteiger partial charge in [-0.05, 0) is 12.8 Å². The highest BCUT2D eigenvalue weighted by Crippen LogP contribution is 2.12. The standard InChI is InChI=1S/C12H21N3O2/c16-11-5-9-15(10-6-13-11)12(17)14-7-3-1-2-4-8-14/h1-10H2,(H,13,16).